The molecule has 0 saturated heterocycles. The summed E-state index contributed by atoms with van der Waals surface area (Å²) in [5, 5.41) is 18.4. The van der Waals surface area contributed by atoms with Gasteiger partial charge < -0.3 is 10.1 Å². The summed E-state index contributed by atoms with van der Waals surface area (Å²) in [5.74, 6) is 1.31. The number of amides is 1. The van der Waals surface area contributed by atoms with Crippen LogP contribution in [0, 0.1) is 10.1 Å². The van der Waals surface area contributed by atoms with E-state index in [4.69, 9.17) is 4.74 Å². The number of ether oxygens (including phenoxy) is 1. The first-order valence-electron chi connectivity index (χ1n) is 9.78. The van der Waals surface area contributed by atoms with Gasteiger partial charge in [0.25, 0.3) is 5.69 Å². The van der Waals surface area contributed by atoms with Crippen molar-refractivity contribution in [3.05, 3.63) is 64.5 Å². The monoisotopic (exact) mass is 439 g/mol. The lowest BCUT2D eigenvalue weighted by Gasteiger charge is -2.13. The van der Waals surface area contributed by atoms with E-state index in [-0.39, 0.29) is 17.3 Å². The molecular weight excluding hydrogens is 418 g/mol. The first-order valence-corrected chi connectivity index (χ1v) is 10.7. The van der Waals surface area contributed by atoms with E-state index < -0.39 is 10.2 Å². The third-order valence-corrected chi connectivity index (χ3v) is 5.81. The predicted octanol–water partition coefficient (Wildman–Crippen LogP) is 4.18. The third-order valence-electron chi connectivity index (χ3n) is 4.86. The van der Waals surface area contributed by atoms with Crippen molar-refractivity contribution in [3.8, 4) is 11.4 Å². The van der Waals surface area contributed by atoms with Gasteiger partial charge in [0.1, 0.15) is 11.6 Å². The summed E-state index contributed by atoms with van der Waals surface area (Å²) in [6.45, 7) is 1.74. The number of anilines is 1. The van der Waals surface area contributed by atoms with Crippen molar-refractivity contribution in [3.63, 3.8) is 0 Å². The van der Waals surface area contributed by atoms with E-state index in [0.717, 1.165) is 24.4 Å². The highest BCUT2D eigenvalue weighted by Crippen LogP contribution is 2.40. The summed E-state index contributed by atoms with van der Waals surface area (Å²) in [6.07, 6.45) is 2.16. The van der Waals surface area contributed by atoms with Crippen LogP contribution in [0.3, 0.4) is 0 Å². The number of para-hydroxylation sites is 1. The SMILES string of the molecule is COc1ccc([N+](=O)[O-])cc1NC(=O)C(C)Sc1nc(C2CC2)n(-c2ccccc2)n1. The van der Waals surface area contributed by atoms with Crippen LogP contribution in [-0.2, 0) is 4.79 Å². The topological polar surface area (TPSA) is 112 Å². The minimum atomic E-state index is -0.525. The van der Waals surface area contributed by atoms with Crippen LogP contribution in [0.1, 0.15) is 31.5 Å². The van der Waals surface area contributed by atoms with E-state index >= 15 is 0 Å². The van der Waals surface area contributed by atoms with Crippen molar-refractivity contribution >= 4 is 29.0 Å². The molecule has 1 unspecified atom stereocenters. The number of hydrogen-bond acceptors (Lipinski definition) is 7. The van der Waals surface area contributed by atoms with Crippen molar-refractivity contribution < 1.29 is 14.5 Å². The van der Waals surface area contributed by atoms with E-state index in [1.54, 1.807) is 6.92 Å². The zero-order valence-corrected chi connectivity index (χ0v) is 17.8. The number of nitro groups is 1. The van der Waals surface area contributed by atoms with E-state index in [1.165, 1.54) is 37.1 Å². The Morgan fingerprint density at radius 2 is 2.03 bits per heavy atom. The Balaban J connectivity index is 1.51. The van der Waals surface area contributed by atoms with Gasteiger partial charge >= 0.3 is 0 Å². The Hall–Kier alpha value is -3.40. The van der Waals surface area contributed by atoms with Crippen molar-refractivity contribution in [2.75, 3.05) is 12.4 Å². The number of carbonyl (C=O) groups is 1. The summed E-state index contributed by atoms with van der Waals surface area (Å²) < 4.78 is 7.05. The summed E-state index contributed by atoms with van der Waals surface area (Å²) in [5.41, 5.74) is 1.05. The molecular formula is C21H21N5O4S. The predicted molar refractivity (Wildman–Crippen MR) is 117 cm³/mol. The van der Waals surface area contributed by atoms with Crippen LogP contribution in [0.5, 0.6) is 5.75 Å². The molecule has 0 bridgehead atoms. The first-order chi connectivity index (χ1) is 15.0. The van der Waals surface area contributed by atoms with Gasteiger partial charge in [0.05, 0.1) is 28.7 Å². The number of nitrogens with zero attached hydrogens (tertiary/aromatic N) is 4. The minimum Gasteiger partial charge on any atom is -0.495 e. The molecule has 0 spiro atoms. The zero-order valence-electron chi connectivity index (χ0n) is 17.0. The molecule has 1 aliphatic carbocycles. The van der Waals surface area contributed by atoms with Gasteiger partial charge in [-0.3, -0.25) is 14.9 Å². The highest BCUT2D eigenvalue weighted by atomic mass is 32.2. The molecule has 1 aliphatic rings. The quantitative estimate of drug-likeness (QED) is 0.318. The van der Waals surface area contributed by atoms with Crippen LogP contribution >= 0.6 is 11.8 Å². The molecule has 1 aromatic heterocycles. The van der Waals surface area contributed by atoms with Gasteiger partial charge in [-0.25, -0.2) is 9.67 Å². The summed E-state index contributed by atoms with van der Waals surface area (Å²) in [6, 6.07) is 13.8. The van der Waals surface area contributed by atoms with Crippen molar-refractivity contribution in [1.82, 2.24) is 14.8 Å². The molecule has 1 saturated carbocycles. The largest absolute Gasteiger partial charge is 0.495 e. The summed E-state index contributed by atoms with van der Waals surface area (Å²) in [7, 11) is 1.44. The fourth-order valence-electron chi connectivity index (χ4n) is 3.07. The second-order valence-electron chi connectivity index (χ2n) is 7.17. The van der Waals surface area contributed by atoms with Gasteiger partial charge in [0.2, 0.25) is 11.1 Å². The first kappa shape index (κ1) is 20.9. The smallest absolute Gasteiger partial charge is 0.271 e. The van der Waals surface area contributed by atoms with Crippen LogP contribution in [0.25, 0.3) is 5.69 Å². The average Bonchev–Trinajstić information content (AvgIpc) is 3.54. The lowest BCUT2D eigenvalue weighted by atomic mass is 10.2. The number of nitrogens with one attached hydrogen (secondary N) is 1. The van der Waals surface area contributed by atoms with Crippen LogP contribution in [0.2, 0.25) is 0 Å². The molecule has 2 aromatic carbocycles. The molecule has 1 heterocycles. The molecule has 1 fully saturated rings. The summed E-state index contributed by atoms with van der Waals surface area (Å²) >= 11 is 1.24. The van der Waals surface area contributed by atoms with Gasteiger partial charge in [0, 0.05) is 18.1 Å². The molecule has 1 atom stereocenters. The number of nitro benzene ring substituents is 1. The molecule has 31 heavy (non-hydrogen) atoms. The van der Waals surface area contributed by atoms with E-state index in [0.29, 0.717) is 16.8 Å². The molecule has 0 radical (unpaired) electrons. The summed E-state index contributed by atoms with van der Waals surface area (Å²) in [4.78, 5) is 28.0. The molecule has 4 rings (SSSR count). The number of thioether (sulfide) groups is 1. The minimum absolute atomic E-state index is 0.131. The number of benzene rings is 2. The maximum Gasteiger partial charge on any atom is 0.271 e. The van der Waals surface area contributed by atoms with Crippen molar-refractivity contribution in [2.45, 2.75) is 36.1 Å². The third kappa shape index (κ3) is 4.69. The average molecular weight is 439 g/mol. The molecule has 9 nitrogen and oxygen atoms in total. The lowest BCUT2D eigenvalue weighted by molar-refractivity contribution is -0.384. The fraction of sp³-hybridized carbons (Fsp3) is 0.286. The van der Waals surface area contributed by atoms with E-state index in [1.807, 2.05) is 35.0 Å². The molecule has 1 amide bonds. The number of hydrogen-bond donors (Lipinski definition) is 1. The molecule has 0 aliphatic heterocycles. The van der Waals surface area contributed by atoms with Gasteiger partial charge in [-0.1, -0.05) is 30.0 Å². The number of non-ortho nitro benzene ring substituents is 1. The van der Waals surface area contributed by atoms with Crippen LogP contribution in [0.4, 0.5) is 11.4 Å². The fourth-order valence-corrected chi connectivity index (χ4v) is 3.83. The highest BCUT2D eigenvalue weighted by Gasteiger charge is 2.31. The van der Waals surface area contributed by atoms with Crippen LogP contribution < -0.4 is 10.1 Å². The van der Waals surface area contributed by atoms with Crippen LogP contribution in [0.15, 0.2) is 53.7 Å². The number of methoxy groups -OCH3 is 1. The Bertz CT molecular complexity index is 1110. The number of carbonyl (C=O) groups excluding carboxylic acids is 1. The molecule has 10 heteroatoms. The Labute approximate surface area is 183 Å². The number of rotatable bonds is 8. The Morgan fingerprint density at radius 1 is 1.29 bits per heavy atom. The zero-order chi connectivity index (χ0) is 22.0. The van der Waals surface area contributed by atoms with Gasteiger partial charge in [-0.15, -0.1) is 5.10 Å². The maximum absolute atomic E-state index is 12.8. The lowest BCUT2D eigenvalue weighted by Crippen LogP contribution is -2.23. The molecule has 3 aromatic rings. The van der Waals surface area contributed by atoms with Gasteiger partial charge in [0.15, 0.2) is 0 Å². The second-order valence-corrected chi connectivity index (χ2v) is 8.47. The Morgan fingerprint density at radius 3 is 2.68 bits per heavy atom. The van der Waals surface area contributed by atoms with E-state index in [9.17, 15) is 14.9 Å². The van der Waals surface area contributed by atoms with Crippen molar-refractivity contribution in [1.29, 1.82) is 0 Å². The standard InChI is InChI=1S/C21H21N5O4S/c1-13(20(27)22-17-12-16(26(28)29)10-11-18(17)30-2)31-21-23-19(14-8-9-14)25(24-21)15-6-4-3-5-7-15/h3-7,10-14H,8-9H2,1-2H3,(H,22,27). The highest BCUT2D eigenvalue weighted by molar-refractivity contribution is 8.00. The van der Waals surface area contributed by atoms with E-state index in [2.05, 4.69) is 15.4 Å². The van der Waals surface area contributed by atoms with Crippen molar-refractivity contribution in [2.24, 2.45) is 0 Å². The normalized spacial score (nSPS) is 14.1. The second kappa shape index (κ2) is 8.76. The van der Waals surface area contributed by atoms with Crippen LogP contribution in [-0.4, -0.2) is 38.0 Å². The molecule has 1 N–H and O–H groups in total. The van der Waals surface area contributed by atoms with Gasteiger partial charge in [-0.05, 0) is 38.0 Å². The van der Waals surface area contributed by atoms with Gasteiger partial charge in [-0.2, -0.15) is 0 Å². The molecule has 160 valence electrons. The number of aromatic nitrogens is 3. The Kier molecular flexibility index (Phi) is 5.90. The maximum atomic E-state index is 12.8.